The van der Waals surface area contributed by atoms with Crippen molar-refractivity contribution >= 4 is 23.5 Å². The molecule has 1 saturated heterocycles. The van der Waals surface area contributed by atoms with Crippen LogP contribution in [0.4, 0.5) is 29.5 Å². The Morgan fingerprint density at radius 1 is 1.12 bits per heavy atom. The van der Waals surface area contributed by atoms with Gasteiger partial charge in [0.25, 0.3) is 5.56 Å². The van der Waals surface area contributed by atoms with Gasteiger partial charge in [0.15, 0.2) is 0 Å². The van der Waals surface area contributed by atoms with E-state index in [1.165, 1.54) is 11.1 Å². The number of carbonyl (C=O) groups is 2. The molecule has 5 rings (SSSR count). The Labute approximate surface area is 243 Å². The number of hydrogen-bond acceptors (Lipinski definition) is 8. The quantitative estimate of drug-likeness (QED) is 0.420. The van der Waals surface area contributed by atoms with Gasteiger partial charge < -0.3 is 24.7 Å². The van der Waals surface area contributed by atoms with Crippen LogP contribution in [0.1, 0.15) is 34.7 Å². The number of alkyl halides is 3. The molecule has 224 valence electrons. The van der Waals surface area contributed by atoms with Crippen LogP contribution < -0.4 is 15.4 Å². The van der Waals surface area contributed by atoms with Crippen molar-refractivity contribution < 1.29 is 27.9 Å². The number of carboxylic acid groups (broad SMARTS) is 1. The highest BCUT2D eigenvalue weighted by atomic mass is 19.4. The van der Waals surface area contributed by atoms with Crippen molar-refractivity contribution in [1.29, 1.82) is 5.26 Å². The van der Waals surface area contributed by atoms with Crippen molar-refractivity contribution in [3.8, 4) is 6.07 Å². The number of benzene rings is 1. The van der Waals surface area contributed by atoms with E-state index in [1.807, 2.05) is 16.1 Å². The maximum absolute atomic E-state index is 13.9. The van der Waals surface area contributed by atoms with E-state index in [1.54, 1.807) is 41.3 Å². The number of rotatable bonds is 7. The minimum absolute atomic E-state index is 0.0137. The molecule has 3 aromatic rings. The predicted octanol–water partition coefficient (Wildman–Crippen LogP) is 2.84. The molecule has 0 bridgehead atoms. The molecule has 1 aromatic carbocycles. The molecule has 1 atom stereocenters. The number of carbonyl (C=O) groups excluding carboxylic acids is 1. The lowest BCUT2D eigenvalue weighted by Gasteiger charge is -2.36. The largest absolute Gasteiger partial charge is 0.465 e. The first kappa shape index (κ1) is 29.4. The van der Waals surface area contributed by atoms with Crippen molar-refractivity contribution in [2.75, 3.05) is 49.1 Å². The number of fused-ring (bicyclic) bond motifs is 1. The topological polar surface area (TPSA) is 150 Å². The summed E-state index contributed by atoms with van der Waals surface area (Å²) in [5, 5.41) is 24.3. The van der Waals surface area contributed by atoms with Crippen molar-refractivity contribution in [2.24, 2.45) is 0 Å². The van der Waals surface area contributed by atoms with Crippen LogP contribution in [-0.2, 0) is 17.5 Å². The molecule has 0 spiro atoms. The molecule has 2 N–H and O–H groups in total. The molecule has 0 radical (unpaired) electrons. The third kappa shape index (κ3) is 6.22. The van der Waals surface area contributed by atoms with Crippen LogP contribution in [0, 0.1) is 11.3 Å². The number of pyridine rings is 1. The van der Waals surface area contributed by atoms with Gasteiger partial charge in [-0.3, -0.25) is 9.59 Å². The summed E-state index contributed by atoms with van der Waals surface area (Å²) >= 11 is 0. The summed E-state index contributed by atoms with van der Waals surface area (Å²) in [4.78, 5) is 47.7. The first-order valence-electron chi connectivity index (χ1n) is 13.4. The van der Waals surface area contributed by atoms with Gasteiger partial charge in [0.1, 0.15) is 17.5 Å². The fourth-order valence-electron chi connectivity index (χ4n) is 5.48. The van der Waals surface area contributed by atoms with Gasteiger partial charge in [0.05, 0.1) is 23.5 Å². The molecule has 0 saturated carbocycles. The lowest BCUT2D eigenvalue weighted by atomic mass is 10.0. The minimum Gasteiger partial charge on any atom is -0.465 e. The Hall–Kier alpha value is -5.13. The van der Waals surface area contributed by atoms with Crippen LogP contribution >= 0.6 is 0 Å². The summed E-state index contributed by atoms with van der Waals surface area (Å²) in [5.41, 5.74) is -1.49. The molecule has 2 aliphatic heterocycles. The number of nitrogens with zero attached hydrogens (tertiary/aromatic N) is 7. The number of halogens is 3. The van der Waals surface area contributed by atoms with Gasteiger partial charge in [-0.2, -0.15) is 23.5 Å². The van der Waals surface area contributed by atoms with Gasteiger partial charge in [-0.25, -0.2) is 14.9 Å². The molecular weight excluding hydrogens is 569 g/mol. The first-order chi connectivity index (χ1) is 20.6. The fraction of sp³-hybridized carbons (Fsp3) is 0.357. The molecule has 43 heavy (non-hydrogen) atoms. The Morgan fingerprint density at radius 3 is 2.51 bits per heavy atom. The Balaban J connectivity index is 1.28. The third-order valence-electron chi connectivity index (χ3n) is 7.65. The second-order valence-electron chi connectivity index (χ2n) is 10.2. The van der Waals surface area contributed by atoms with Crippen molar-refractivity contribution in [3.63, 3.8) is 0 Å². The van der Waals surface area contributed by atoms with Crippen LogP contribution in [0.2, 0.25) is 0 Å². The second kappa shape index (κ2) is 12.0. The highest BCUT2D eigenvalue weighted by Gasteiger charge is 2.42. The number of anilines is 2. The number of nitrogens with one attached hydrogen (secondary N) is 1. The molecule has 12 nitrogen and oxygen atoms in total. The van der Waals surface area contributed by atoms with Gasteiger partial charge in [-0.15, -0.1) is 0 Å². The maximum atomic E-state index is 13.9. The Morgan fingerprint density at radius 2 is 1.86 bits per heavy atom. The maximum Gasteiger partial charge on any atom is 0.423 e. The number of amides is 2. The number of piperazine rings is 1. The van der Waals surface area contributed by atoms with Gasteiger partial charge in [0.2, 0.25) is 5.91 Å². The number of aromatic amines is 1. The number of H-pyrrole nitrogens is 1. The number of hydrogen-bond donors (Lipinski definition) is 2. The predicted molar refractivity (Wildman–Crippen MR) is 147 cm³/mol. The van der Waals surface area contributed by atoms with Gasteiger partial charge in [-0.05, 0) is 23.3 Å². The van der Waals surface area contributed by atoms with Crippen molar-refractivity contribution in [3.05, 3.63) is 81.4 Å². The normalized spacial score (nSPS) is 16.5. The van der Waals surface area contributed by atoms with Crippen molar-refractivity contribution in [1.82, 2.24) is 25.0 Å². The standard InChI is InChI=1S/C28H27F3N8O4/c29-28(30,31)25-21(15-34-35-26(25)41)39-16-19-3-1-2-4-20(19)22(39)17-38(27(42)43)8-7-24(40)37-11-9-36(10-12-37)23-6-5-18(13-32)14-33-23/h1-6,14-15,22H,7-12,16-17H2,(H,35,41)(H,42,43). The summed E-state index contributed by atoms with van der Waals surface area (Å²) in [7, 11) is 0. The highest BCUT2D eigenvalue weighted by Crippen LogP contribution is 2.42. The van der Waals surface area contributed by atoms with E-state index >= 15 is 0 Å². The van der Waals surface area contributed by atoms with Crippen LogP contribution in [0.3, 0.4) is 0 Å². The summed E-state index contributed by atoms with van der Waals surface area (Å²) in [6, 6.07) is 11.4. The third-order valence-corrected chi connectivity index (χ3v) is 7.65. The van der Waals surface area contributed by atoms with Crippen LogP contribution in [0.15, 0.2) is 53.6 Å². The SMILES string of the molecule is N#Cc1ccc(N2CCN(C(=O)CCN(CC3c4ccccc4CN3c3cn[nH]c(=O)c3C(F)(F)F)C(=O)O)CC2)nc1. The van der Waals surface area contributed by atoms with E-state index in [4.69, 9.17) is 5.26 Å². The molecule has 1 unspecified atom stereocenters. The molecule has 1 fully saturated rings. The number of nitriles is 1. The van der Waals surface area contributed by atoms with E-state index in [-0.39, 0.29) is 32.0 Å². The second-order valence-corrected chi connectivity index (χ2v) is 10.2. The van der Waals surface area contributed by atoms with Gasteiger partial charge >= 0.3 is 12.3 Å². The minimum atomic E-state index is -4.97. The lowest BCUT2D eigenvalue weighted by molar-refractivity contribution is -0.138. The highest BCUT2D eigenvalue weighted by molar-refractivity contribution is 5.77. The summed E-state index contributed by atoms with van der Waals surface area (Å²) in [5.74, 6) is 0.439. The fourth-order valence-corrected chi connectivity index (χ4v) is 5.48. The smallest absolute Gasteiger partial charge is 0.423 e. The Bertz CT molecular complexity index is 1600. The zero-order valence-corrected chi connectivity index (χ0v) is 22.8. The average Bonchev–Trinajstić information content (AvgIpc) is 3.36. The van der Waals surface area contributed by atoms with Crippen molar-refractivity contribution in [2.45, 2.75) is 25.2 Å². The van der Waals surface area contributed by atoms with E-state index < -0.39 is 35.1 Å². The summed E-state index contributed by atoms with van der Waals surface area (Å²) in [6.07, 6.45) is -4.01. The molecule has 15 heteroatoms. The zero-order chi connectivity index (χ0) is 30.7. The van der Waals surface area contributed by atoms with Gasteiger partial charge in [-0.1, -0.05) is 24.3 Å². The molecular formula is C28H27F3N8O4. The van der Waals surface area contributed by atoms with Crippen LogP contribution in [-0.4, -0.2) is 81.4 Å². The Kier molecular flexibility index (Phi) is 8.20. The zero-order valence-electron chi connectivity index (χ0n) is 22.8. The van der Waals surface area contributed by atoms with Gasteiger partial charge in [0, 0.05) is 58.4 Å². The number of aromatic nitrogens is 3. The molecule has 4 heterocycles. The monoisotopic (exact) mass is 596 g/mol. The van der Waals surface area contributed by atoms with Crippen LogP contribution in [0.5, 0.6) is 0 Å². The van der Waals surface area contributed by atoms with Crippen LogP contribution in [0.25, 0.3) is 0 Å². The summed E-state index contributed by atoms with van der Waals surface area (Å²) < 4.78 is 41.7. The van der Waals surface area contributed by atoms with E-state index in [2.05, 4.69) is 10.1 Å². The first-order valence-corrected chi connectivity index (χ1v) is 13.4. The summed E-state index contributed by atoms with van der Waals surface area (Å²) in [6.45, 7) is 1.42. The molecule has 0 aliphatic carbocycles. The lowest BCUT2D eigenvalue weighted by Crippen LogP contribution is -2.49. The molecule has 2 aliphatic rings. The average molecular weight is 597 g/mol. The van der Waals surface area contributed by atoms with E-state index in [9.17, 15) is 32.7 Å². The molecule has 2 aromatic heterocycles. The molecule has 2 amide bonds. The van der Waals surface area contributed by atoms with E-state index in [0.29, 0.717) is 48.7 Å². The van der Waals surface area contributed by atoms with E-state index in [0.717, 1.165) is 11.1 Å².